The van der Waals surface area contributed by atoms with Crippen LogP contribution in [-0.4, -0.2) is 16.2 Å². The minimum absolute atomic E-state index is 0.260. The molecular weight excluding hydrogens is 418 g/mol. The van der Waals surface area contributed by atoms with Crippen LogP contribution in [0, 0.1) is 5.82 Å². The fraction of sp³-hybridized carbons (Fsp3) is 0.0625. The van der Waals surface area contributed by atoms with Crippen LogP contribution in [0.4, 0.5) is 20.0 Å². The molecule has 10 heteroatoms. The average molecular weight is 429 g/mol. The highest BCUT2D eigenvalue weighted by molar-refractivity contribution is 8.00. The largest absolute Gasteiger partial charge is 0.325 e. The molecule has 0 aliphatic heterocycles. The van der Waals surface area contributed by atoms with Crippen LogP contribution in [0.25, 0.3) is 0 Å². The number of amides is 2. The maximum absolute atomic E-state index is 13.6. The number of carbonyl (C=O) groups is 1. The summed E-state index contributed by atoms with van der Waals surface area (Å²) in [5.41, 5.74) is 1.08. The molecule has 2 amide bonds. The van der Waals surface area contributed by atoms with Gasteiger partial charge in [-0.2, -0.15) is 0 Å². The smallest absolute Gasteiger partial charge is 0.308 e. The van der Waals surface area contributed by atoms with E-state index in [1.54, 1.807) is 36.4 Å². The summed E-state index contributed by atoms with van der Waals surface area (Å²) in [6.07, 6.45) is 0. The molecule has 0 unspecified atom stereocenters. The van der Waals surface area contributed by atoms with E-state index in [1.165, 1.54) is 29.2 Å². The maximum atomic E-state index is 13.6. The Morgan fingerprint density at radius 3 is 2.69 bits per heavy atom. The molecule has 3 aromatic rings. The number of carbonyl (C=O) groups excluding carboxylic acids is 1. The number of urea groups is 1. The molecule has 2 N–H and O–H groups in total. The van der Waals surface area contributed by atoms with E-state index in [4.69, 9.17) is 23.2 Å². The van der Waals surface area contributed by atoms with E-state index in [0.29, 0.717) is 36.5 Å². The maximum Gasteiger partial charge on any atom is 0.325 e. The molecule has 26 heavy (non-hydrogen) atoms. The molecule has 5 nitrogen and oxygen atoms in total. The van der Waals surface area contributed by atoms with Gasteiger partial charge in [0.25, 0.3) is 0 Å². The zero-order chi connectivity index (χ0) is 18.5. The highest BCUT2D eigenvalue weighted by Gasteiger charge is 2.10. The summed E-state index contributed by atoms with van der Waals surface area (Å²) < 4.78 is 14.2. The summed E-state index contributed by atoms with van der Waals surface area (Å²) >= 11 is 14.3. The quantitative estimate of drug-likeness (QED) is 0.390. The van der Waals surface area contributed by atoms with E-state index in [1.807, 2.05) is 0 Å². The number of thioether (sulfide) groups is 1. The van der Waals surface area contributed by atoms with Crippen LogP contribution in [-0.2, 0) is 5.75 Å². The summed E-state index contributed by atoms with van der Waals surface area (Å²) in [5.74, 6) is 0.167. The van der Waals surface area contributed by atoms with Gasteiger partial charge >= 0.3 is 6.03 Å². The van der Waals surface area contributed by atoms with Crippen LogP contribution < -0.4 is 10.6 Å². The SMILES string of the molecule is O=C(Nc1ccc(Cl)c(Cl)c1)Nc1nnc(SCc2ccccc2F)s1. The lowest BCUT2D eigenvalue weighted by atomic mass is 10.2. The number of nitrogens with one attached hydrogen (secondary N) is 2. The lowest BCUT2D eigenvalue weighted by Crippen LogP contribution is -2.19. The van der Waals surface area contributed by atoms with Gasteiger partial charge in [0.15, 0.2) is 4.34 Å². The Morgan fingerprint density at radius 1 is 1.12 bits per heavy atom. The predicted octanol–water partition coefficient (Wildman–Crippen LogP) is 5.92. The van der Waals surface area contributed by atoms with E-state index >= 15 is 0 Å². The molecule has 3 rings (SSSR count). The predicted molar refractivity (Wildman–Crippen MR) is 105 cm³/mol. The van der Waals surface area contributed by atoms with Gasteiger partial charge < -0.3 is 5.32 Å². The van der Waals surface area contributed by atoms with Crippen molar-refractivity contribution in [3.8, 4) is 0 Å². The summed E-state index contributed by atoms with van der Waals surface area (Å²) in [5, 5.41) is 14.2. The fourth-order valence-corrected chi connectivity index (χ4v) is 3.94. The fourth-order valence-electron chi connectivity index (χ4n) is 1.91. The Bertz CT molecular complexity index is 938. The van der Waals surface area contributed by atoms with Crippen LogP contribution in [0.1, 0.15) is 5.56 Å². The van der Waals surface area contributed by atoms with Gasteiger partial charge in [-0.25, -0.2) is 9.18 Å². The molecule has 0 atom stereocenters. The monoisotopic (exact) mass is 428 g/mol. The number of aromatic nitrogens is 2. The summed E-state index contributed by atoms with van der Waals surface area (Å²) in [4.78, 5) is 12.0. The first-order chi connectivity index (χ1) is 12.5. The minimum atomic E-state index is -0.481. The van der Waals surface area contributed by atoms with Crippen LogP contribution in [0.15, 0.2) is 46.8 Å². The average Bonchev–Trinajstić information content (AvgIpc) is 3.05. The van der Waals surface area contributed by atoms with Gasteiger partial charge in [-0.3, -0.25) is 5.32 Å². The molecule has 0 radical (unpaired) electrons. The van der Waals surface area contributed by atoms with E-state index in [-0.39, 0.29) is 5.82 Å². The Labute approximate surface area is 166 Å². The molecule has 1 heterocycles. The van der Waals surface area contributed by atoms with Gasteiger partial charge in [-0.1, -0.05) is 64.5 Å². The number of anilines is 2. The molecule has 0 fully saturated rings. The van der Waals surface area contributed by atoms with Crippen molar-refractivity contribution >= 4 is 63.2 Å². The third-order valence-corrected chi connectivity index (χ3v) is 5.87. The molecular formula is C16H11Cl2FN4OS2. The second-order valence-corrected chi connectivity index (χ2v) is 7.98. The number of nitrogens with zero attached hydrogens (tertiary/aromatic N) is 2. The van der Waals surface area contributed by atoms with Crippen LogP contribution in [0.2, 0.25) is 10.0 Å². The first kappa shape index (κ1) is 18.9. The minimum Gasteiger partial charge on any atom is -0.308 e. The van der Waals surface area contributed by atoms with Gasteiger partial charge in [0, 0.05) is 11.4 Å². The molecule has 2 aromatic carbocycles. The van der Waals surface area contributed by atoms with Crippen molar-refractivity contribution < 1.29 is 9.18 Å². The Hall–Kier alpha value is -1.87. The third kappa shape index (κ3) is 5.07. The van der Waals surface area contributed by atoms with Crippen molar-refractivity contribution in [1.29, 1.82) is 0 Å². The molecule has 134 valence electrons. The van der Waals surface area contributed by atoms with Crippen molar-refractivity contribution in [2.75, 3.05) is 10.6 Å². The molecule has 0 bridgehead atoms. The lowest BCUT2D eigenvalue weighted by Gasteiger charge is -2.05. The van der Waals surface area contributed by atoms with Gasteiger partial charge in [0.2, 0.25) is 5.13 Å². The number of rotatable bonds is 5. The first-order valence-corrected chi connectivity index (χ1v) is 9.80. The summed E-state index contributed by atoms with van der Waals surface area (Å²) in [6, 6.07) is 10.8. The van der Waals surface area contributed by atoms with E-state index < -0.39 is 6.03 Å². The number of halogens is 3. The number of benzene rings is 2. The Kier molecular flexibility index (Phi) is 6.31. The van der Waals surface area contributed by atoms with Crippen molar-refractivity contribution in [2.45, 2.75) is 10.1 Å². The topological polar surface area (TPSA) is 66.9 Å². The van der Waals surface area contributed by atoms with Crippen LogP contribution in [0.3, 0.4) is 0 Å². The molecule has 0 aliphatic carbocycles. The standard InChI is InChI=1S/C16H11Cl2FN4OS2/c17-11-6-5-10(7-12(11)18)20-14(24)21-15-22-23-16(26-15)25-8-9-3-1-2-4-13(9)19/h1-7H,8H2,(H2,20,21,22,24). The zero-order valence-corrected chi connectivity index (χ0v) is 16.1. The third-order valence-electron chi connectivity index (χ3n) is 3.11. The molecule has 0 saturated heterocycles. The molecule has 1 aromatic heterocycles. The highest BCUT2D eigenvalue weighted by Crippen LogP contribution is 2.29. The van der Waals surface area contributed by atoms with Gasteiger partial charge in [-0.05, 0) is 29.8 Å². The van der Waals surface area contributed by atoms with Crippen LogP contribution >= 0.6 is 46.3 Å². The normalized spacial score (nSPS) is 10.6. The number of hydrogen-bond donors (Lipinski definition) is 2. The van der Waals surface area contributed by atoms with Gasteiger partial charge in [-0.15, -0.1) is 10.2 Å². The second-order valence-electron chi connectivity index (χ2n) is 4.96. The van der Waals surface area contributed by atoms with Crippen LogP contribution in [0.5, 0.6) is 0 Å². The highest BCUT2D eigenvalue weighted by atomic mass is 35.5. The first-order valence-electron chi connectivity index (χ1n) is 7.24. The van der Waals surface area contributed by atoms with Crippen molar-refractivity contribution in [1.82, 2.24) is 10.2 Å². The molecule has 0 aliphatic rings. The van der Waals surface area contributed by atoms with Gasteiger partial charge in [0.1, 0.15) is 5.82 Å². The summed E-state index contributed by atoms with van der Waals surface area (Å²) in [7, 11) is 0. The van der Waals surface area contributed by atoms with E-state index in [0.717, 1.165) is 0 Å². The molecule has 0 spiro atoms. The van der Waals surface area contributed by atoms with Gasteiger partial charge in [0.05, 0.1) is 10.0 Å². The Balaban J connectivity index is 1.55. The number of hydrogen-bond acceptors (Lipinski definition) is 5. The lowest BCUT2D eigenvalue weighted by molar-refractivity contribution is 0.262. The second kappa shape index (κ2) is 8.68. The van der Waals surface area contributed by atoms with E-state index in [2.05, 4.69) is 20.8 Å². The summed E-state index contributed by atoms with van der Waals surface area (Å²) in [6.45, 7) is 0. The van der Waals surface area contributed by atoms with E-state index in [9.17, 15) is 9.18 Å². The zero-order valence-electron chi connectivity index (χ0n) is 13.0. The van der Waals surface area contributed by atoms with Crippen molar-refractivity contribution in [2.24, 2.45) is 0 Å². The van der Waals surface area contributed by atoms with Crippen molar-refractivity contribution in [3.63, 3.8) is 0 Å². The Morgan fingerprint density at radius 2 is 1.92 bits per heavy atom. The molecule has 0 saturated carbocycles. The van der Waals surface area contributed by atoms with Crippen molar-refractivity contribution in [3.05, 3.63) is 63.9 Å².